The van der Waals surface area contributed by atoms with Crippen LogP contribution in [0, 0.1) is 0 Å². The first-order chi connectivity index (χ1) is 5.93. The van der Waals surface area contributed by atoms with Gasteiger partial charge < -0.3 is 5.73 Å². The van der Waals surface area contributed by atoms with Crippen molar-refractivity contribution in [1.82, 2.24) is 4.98 Å². The van der Waals surface area contributed by atoms with Crippen LogP contribution >= 0.6 is 12.4 Å². The van der Waals surface area contributed by atoms with Gasteiger partial charge in [0, 0.05) is 6.20 Å². The van der Waals surface area contributed by atoms with Crippen LogP contribution in [0.4, 0.5) is 13.2 Å². The summed E-state index contributed by atoms with van der Waals surface area (Å²) in [6, 6.07) is 2.20. The average Bonchev–Trinajstić information content (AvgIpc) is 2.03. The van der Waals surface area contributed by atoms with Crippen molar-refractivity contribution in [1.29, 1.82) is 0 Å². The molecule has 0 unspecified atom stereocenters. The molecule has 1 amide bonds. The second-order valence-corrected chi connectivity index (χ2v) is 2.26. The Morgan fingerprint density at radius 3 is 2.36 bits per heavy atom. The molecule has 0 spiro atoms. The van der Waals surface area contributed by atoms with E-state index < -0.39 is 23.3 Å². The predicted octanol–water partition coefficient (Wildman–Crippen LogP) is 1.62. The van der Waals surface area contributed by atoms with Gasteiger partial charge in [0.25, 0.3) is 5.91 Å². The Morgan fingerprint density at radius 2 is 2.00 bits per heavy atom. The molecular formula is C7H6ClF3N2O. The predicted molar refractivity (Wildman–Crippen MR) is 45.0 cm³/mol. The third kappa shape index (κ3) is 2.59. The van der Waals surface area contributed by atoms with Gasteiger partial charge >= 0.3 is 6.18 Å². The number of carbonyl (C=O) groups excluding carboxylic acids is 1. The van der Waals surface area contributed by atoms with Crippen molar-refractivity contribution in [2.45, 2.75) is 6.18 Å². The second kappa shape index (κ2) is 4.28. The summed E-state index contributed by atoms with van der Waals surface area (Å²) in [6.07, 6.45) is -3.69. The van der Waals surface area contributed by atoms with Gasteiger partial charge in [-0.3, -0.25) is 9.78 Å². The molecule has 0 atom stereocenters. The summed E-state index contributed by atoms with van der Waals surface area (Å²) in [4.78, 5) is 13.6. The zero-order valence-corrected chi connectivity index (χ0v) is 7.52. The Hall–Kier alpha value is -1.30. The van der Waals surface area contributed by atoms with E-state index in [4.69, 9.17) is 5.73 Å². The van der Waals surface area contributed by atoms with Crippen LogP contribution < -0.4 is 5.73 Å². The van der Waals surface area contributed by atoms with Crippen molar-refractivity contribution in [2.24, 2.45) is 5.73 Å². The lowest BCUT2D eigenvalue weighted by atomic mass is 10.2. The fourth-order valence-corrected chi connectivity index (χ4v) is 0.830. The van der Waals surface area contributed by atoms with Crippen molar-refractivity contribution in [3.05, 3.63) is 29.6 Å². The highest BCUT2D eigenvalue weighted by Gasteiger charge is 2.36. The molecule has 1 rings (SSSR count). The molecule has 3 nitrogen and oxygen atoms in total. The lowest BCUT2D eigenvalue weighted by molar-refractivity contribution is -0.141. The molecule has 2 N–H and O–H groups in total. The van der Waals surface area contributed by atoms with Crippen LogP contribution in [-0.4, -0.2) is 10.9 Å². The maximum absolute atomic E-state index is 12.1. The Labute approximate surface area is 83.5 Å². The lowest BCUT2D eigenvalue weighted by Gasteiger charge is -2.07. The lowest BCUT2D eigenvalue weighted by Crippen LogP contribution is -2.20. The van der Waals surface area contributed by atoms with Crippen molar-refractivity contribution in [3.8, 4) is 0 Å². The molecule has 14 heavy (non-hydrogen) atoms. The summed E-state index contributed by atoms with van der Waals surface area (Å²) in [5.74, 6) is -1.14. The fourth-order valence-electron chi connectivity index (χ4n) is 0.830. The maximum Gasteiger partial charge on any atom is 0.434 e. The van der Waals surface area contributed by atoms with Crippen molar-refractivity contribution < 1.29 is 18.0 Å². The van der Waals surface area contributed by atoms with Gasteiger partial charge in [0.2, 0.25) is 0 Å². The number of nitrogens with two attached hydrogens (primary N) is 1. The fraction of sp³-hybridized carbons (Fsp3) is 0.143. The van der Waals surface area contributed by atoms with E-state index in [1.807, 2.05) is 0 Å². The molecule has 1 aromatic rings. The zero-order valence-electron chi connectivity index (χ0n) is 6.71. The number of hydrogen-bond donors (Lipinski definition) is 1. The molecule has 0 aliphatic heterocycles. The minimum atomic E-state index is -4.65. The number of nitrogens with zero attached hydrogens (tertiary/aromatic N) is 1. The quantitative estimate of drug-likeness (QED) is 0.791. The molecule has 0 fully saturated rings. The van der Waals surface area contributed by atoms with Gasteiger partial charge in [0.15, 0.2) is 5.69 Å². The molecule has 0 aromatic carbocycles. The third-order valence-electron chi connectivity index (χ3n) is 1.34. The van der Waals surface area contributed by atoms with Crippen LogP contribution in [0.5, 0.6) is 0 Å². The summed E-state index contributed by atoms with van der Waals surface area (Å²) in [6.45, 7) is 0. The SMILES string of the molecule is Cl.NC(=O)c1cccnc1C(F)(F)F. The number of aromatic nitrogens is 1. The molecule has 7 heteroatoms. The standard InChI is InChI=1S/C7H5F3N2O.ClH/c8-7(9,10)5-4(6(11)13)2-1-3-12-5;/h1-3H,(H2,11,13);1H. The highest BCUT2D eigenvalue weighted by molar-refractivity contribution is 5.93. The van der Waals surface area contributed by atoms with Crippen LogP contribution in [0.2, 0.25) is 0 Å². The molecule has 1 aromatic heterocycles. The van der Waals surface area contributed by atoms with E-state index in [0.29, 0.717) is 0 Å². The number of hydrogen-bond acceptors (Lipinski definition) is 2. The zero-order chi connectivity index (χ0) is 10.1. The van der Waals surface area contributed by atoms with E-state index in [0.717, 1.165) is 12.3 Å². The minimum Gasteiger partial charge on any atom is -0.366 e. The van der Waals surface area contributed by atoms with Gasteiger partial charge in [0.05, 0.1) is 5.56 Å². The number of amides is 1. The maximum atomic E-state index is 12.1. The molecule has 78 valence electrons. The van der Waals surface area contributed by atoms with Crippen LogP contribution in [-0.2, 0) is 6.18 Å². The largest absolute Gasteiger partial charge is 0.434 e. The number of halogens is 4. The minimum absolute atomic E-state index is 0. The number of pyridine rings is 1. The molecule has 0 aliphatic carbocycles. The molecule has 0 bridgehead atoms. The van der Waals surface area contributed by atoms with Crippen LogP contribution in [0.3, 0.4) is 0 Å². The van der Waals surface area contributed by atoms with Gasteiger partial charge in [-0.1, -0.05) is 0 Å². The van der Waals surface area contributed by atoms with Gasteiger partial charge in [-0.25, -0.2) is 0 Å². The molecule has 0 radical (unpaired) electrons. The topological polar surface area (TPSA) is 56.0 Å². The summed E-state index contributed by atoms with van der Waals surface area (Å²) in [5.41, 5.74) is 2.87. The van der Waals surface area contributed by atoms with E-state index in [2.05, 4.69) is 4.98 Å². The van der Waals surface area contributed by atoms with E-state index in [1.165, 1.54) is 6.07 Å². The molecule has 1 heterocycles. The summed E-state index contributed by atoms with van der Waals surface area (Å²) < 4.78 is 36.4. The summed E-state index contributed by atoms with van der Waals surface area (Å²) in [5, 5.41) is 0. The summed E-state index contributed by atoms with van der Waals surface area (Å²) in [7, 11) is 0. The van der Waals surface area contributed by atoms with E-state index in [-0.39, 0.29) is 12.4 Å². The molecule has 0 saturated carbocycles. The number of rotatable bonds is 1. The van der Waals surface area contributed by atoms with Gasteiger partial charge in [0.1, 0.15) is 0 Å². The van der Waals surface area contributed by atoms with E-state index in [9.17, 15) is 18.0 Å². The first kappa shape index (κ1) is 12.7. The van der Waals surface area contributed by atoms with Crippen LogP contribution in [0.1, 0.15) is 16.1 Å². The van der Waals surface area contributed by atoms with E-state index in [1.54, 1.807) is 0 Å². The first-order valence-electron chi connectivity index (χ1n) is 3.25. The van der Waals surface area contributed by atoms with Crippen LogP contribution in [0.15, 0.2) is 18.3 Å². The van der Waals surface area contributed by atoms with Gasteiger partial charge in [-0.15, -0.1) is 12.4 Å². The first-order valence-corrected chi connectivity index (χ1v) is 3.25. The van der Waals surface area contributed by atoms with Gasteiger partial charge in [-0.05, 0) is 12.1 Å². The molecule has 0 saturated heterocycles. The number of carbonyl (C=O) groups is 1. The van der Waals surface area contributed by atoms with Crippen molar-refractivity contribution in [2.75, 3.05) is 0 Å². The molecular weight excluding hydrogens is 221 g/mol. The summed E-state index contributed by atoms with van der Waals surface area (Å²) >= 11 is 0. The Balaban J connectivity index is 0.00000169. The van der Waals surface area contributed by atoms with Crippen molar-refractivity contribution in [3.63, 3.8) is 0 Å². The average molecular weight is 227 g/mol. The van der Waals surface area contributed by atoms with Gasteiger partial charge in [-0.2, -0.15) is 13.2 Å². The highest BCUT2D eigenvalue weighted by atomic mass is 35.5. The molecule has 0 aliphatic rings. The number of alkyl halides is 3. The number of primary amides is 1. The smallest absolute Gasteiger partial charge is 0.366 e. The highest BCUT2D eigenvalue weighted by Crippen LogP contribution is 2.29. The Morgan fingerprint density at radius 1 is 1.43 bits per heavy atom. The Bertz CT molecular complexity index is 340. The van der Waals surface area contributed by atoms with Crippen molar-refractivity contribution >= 4 is 18.3 Å². The van der Waals surface area contributed by atoms with E-state index >= 15 is 0 Å². The normalized spacial score (nSPS) is 10.5. The Kier molecular flexibility index (Phi) is 3.88. The second-order valence-electron chi connectivity index (χ2n) is 2.26. The van der Waals surface area contributed by atoms with Crippen LogP contribution in [0.25, 0.3) is 0 Å². The monoisotopic (exact) mass is 226 g/mol. The third-order valence-corrected chi connectivity index (χ3v) is 1.34.